The third kappa shape index (κ3) is 3.45. The lowest BCUT2D eigenvalue weighted by atomic mass is 10.1. The molecule has 0 bridgehead atoms. The number of rotatable bonds is 4. The standard InChI is InChI=1S/C16H17BrN2O/c1-3-19(11-14-6-4-5-9-18-14)16(20)13-7-8-15(17)12(2)10-13/h4-10H,3,11H2,1-2H3. The number of pyridine rings is 1. The van der Waals surface area contributed by atoms with Crippen molar-refractivity contribution in [2.75, 3.05) is 6.54 Å². The number of aryl methyl sites for hydroxylation is 1. The van der Waals surface area contributed by atoms with Gasteiger partial charge >= 0.3 is 0 Å². The van der Waals surface area contributed by atoms with Crippen molar-refractivity contribution in [1.29, 1.82) is 0 Å². The van der Waals surface area contributed by atoms with Gasteiger partial charge in [0, 0.05) is 22.8 Å². The zero-order chi connectivity index (χ0) is 14.5. The van der Waals surface area contributed by atoms with Crippen LogP contribution in [0.2, 0.25) is 0 Å². The van der Waals surface area contributed by atoms with E-state index >= 15 is 0 Å². The molecule has 1 aromatic carbocycles. The Hall–Kier alpha value is -1.68. The van der Waals surface area contributed by atoms with Crippen molar-refractivity contribution in [3.05, 3.63) is 63.9 Å². The largest absolute Gasteiger partial charge is 0.333 e. The van der Waals surface area contributed by atoms with E-state index in [-0.39, 0.29) is 5.91 Å². The Balaban J connectivity index is 2.18. The second-order valence-electron chi connectivity index (χ2n) is 4.60. The van der Waals surface area contributed by atoms with Crippen molar-refractivity contribution in [1.82, 2.24) is 9.88 Å². The number of amides is 1. The van der Waals surface area contributed by atoms with Crippen LogP contribution in [0.25, 0.3) is 0 Å². The molecule has 4 heteroatoms. The molecule has 0 spiro atoms. The lowest BCUT2D eigenvalue weighted by molar-refractivity contribution is 0.0750. The van der Waals surface area contributed by atoms with Crippen molar-refractivity contribution in [3.8, 4) is 0 Å². The van der Waals surface area contributed by atoms with Crippen LogP contribution in [0.5, 0.6) is 0 Å². The summed E-state index contributed by atoms with van der Waals surface area (Å²) in [6.07, 6.45) is 1.75. The summed E-state index contributed by atoms with van der Waals surface area (Å²) < 4.78 is 1.02. The Kier molecular flexibility index (Phi) is 4.90. The molecule has 104 valence electrons. The third-order valence-corrected chi connectivity index (χ3v) is 4.04. The Morgan fingerprint density at radius 1 is 1.30 bits per heavy atom. The van der Waals surface area contributed by atoms with Crippen LogP contribution < -0.4 is 0 Å². The van der Waals surface area contributed by atoms with Crippen molar-refractivity contribution < 1.29 is 4.79 Å². The smallest absolute Gasteiger partial charge is 0.254 e. The van der Waals surface area contributed by atoms with E-state index in [0.717, 1.165) is 15.7 Å². The lowest BCUT2D eigenvalue weighted by Crippen LogP contribution is -2.30. The van der Waals surface area contributed by atoms with Crippen molar-refractivity contribution in [3.63, 3.8) is 0 Å². The molecule has 1 amide bonds. The third-order valence-electron chi connectivity index (χ3n) is 3.15. The number of carbonyl (C=O) groups excluding carboxylic acids is 1. The van der Waals surface area contributed by atoms with Gasteiger partial charge in [-0.25, -0.2) is 0 Å². The fourth-order valence-electron chi connectivity index (χ4n) is 1.97. The Morgan fingerprint density at radius 2 is 2.10 bits per heavy atom. The highest BCUT2D eigenvalue weighted by Gasteiger charge is 2.15. The summed E-state index contributed by atoms with van der Waals surface area (Å²) in [5.41, 5.74) is 2.67. The van der Waals surface area contributed by atoms with Gasteiger partial charge in [-0.2, -0.15) is 0 Å². The second-order valence-corrected chi connectivity index (χ2v) is 5.46. The molecule has 1 aromatic heterocycles. The summed E-state index contributed by atoms with van der Waals surface area (Å²) in [5.74, 6) is 0.0359. The van der Waals surface area contributed by atoms with Crippen LogP contribution in [0.15, 0.2) is 47.1 Å². The highest BCUT2D eigenvalue weighted by Crippen LogP contribution is 2.18. The quantitative estimate of drug-likeness (QED) is 0.852. The van der Waals surface area contributed by atoms with Crippen LogP contribution in [0.1, 0.15) is 28.5 Å². The number of hydrogen-bond acceptors (Lipinski definition) is 2. The van der Waals surface area contributed by atoms with Gasteiger partial charge in [0.05, 0.1) is 12.2 Å². The fraction of sp³-hybridized carbons (Fsp3) is 0.250. The number of benzene rings is 1. The SMILES string of the molecule is CCN(Cc1ccccn1)C(=O)c1ccc(Br)c(C)c1. The normalized spacial score (nSPS) is 10.3. The predicted octanol–water partition coefficient (Wildman–Crippen LogP) is 3.81. The predicted molar refractivity (Wildman–Crippen MR) is 83.5 cm³/mol. The maximum absolute atomic E-state index is 12.5. The summed E-state index contributed by atoms with van der Waals surface area (Å²) in [7, 11) is 0. The number of carbonyl (C=O) groups is 1. The number of halogens is 1. The summed E-state index contributed by atoms with van der Waals surface area (Å²) in [6.45, 7) is 5.15. The summed E-state index contributed by atoms with van der Waals surface area (Å²) >= 11 is 3.45. The summed E-state index contributed by atoms with van der Waals surface area (Å²) in [6, 6.07) is 11.4. The maximum Gasteiger partial charge on any atom is 0.254 e. The van der Waals surface area contributed by atoms with Gasteiger partial charge < -0.3 is 4.90 Å². The van der Waals surface area contributed by atoms with Crippen LogP contribution in [0.3, 0.4) is 0 Å². The second kappa shape index (κ2) is 6.66. The van der Waals surface area contributed by atoms with Gasteiger partial charge in [0.15, 0.2) is 0 Å². The van der Waals surface area contributed by atoms with Crippen molar-refractivity contribution in [2.24, 2.45) is 0 Å². The minimum absolute atomic E-state index is 0.0359. The lowest BCUT2D eigenvalue weighted by Gasteiger charge is -2.21. The molecule has 2 rings (SSSR count). The van der Waals surface area contributed by atoms with Gasteiger partial charge in [0.2, 0.25) is 0 Å². The molecule has 2 aromatic rings. The van der Waals surface area contributed by atoms with Gasteiger partial charge in [-0.1, -0.05) is 22.0 Å². The average Bonchev–Trinajstić information content (AvgIpc) is 2.48. The highest BCUT2D eigenvalue weighted by molar-refractivity contribution is 9.10. The van der Waals surface area contributed by atoms with Crippen LogP contribution in [-0.2, 0) is 6.54 Å². The molecule has 0 aliphatic rings. The van der Waals surface area contributed by atoms with E-state index in [9.17, 15) is 4.79 Å². The molecule has 20 heavy (non-hydrogen) atoms. The molecule has 0 aliphatic heterocycles. The van der Waals surface area contributed by atoms with Gasteiger partial charge in [-0.05, 0) is 49.7 Å². The van der Waals surface area contributed by atoms with Gasteiger partial charge in [0.25, 0.3) is 5.91 Å². The van der Waals surface area contributed by atoms with Crippen molar-refractivity contribution >= 4 is 21.8 Å². The van der Waals surface area contributed by atoms with Crippen molar-refractivity contribution in [2.45, 2.75) is 20.4 Å². The fourth-order valence-corrected chi connectivity index (χ4v) is 2.22. The number of nitrogens with zero attached hydrogens (tertiary/aromatic N) is 2. The molecule has 3 nitrogen and oxygen atoms in total. The Labute approximate surface area is 127 Å². The first-order chi connectivity index (χ1) is 9.61. The molecule has 0 radical (unpaired) electrons. The van der Waals surface area contributed by atoms with E-state index < -0.39 is 0 Å². The topological polar surface area (TPSA) is 33.2 Å². The van der Waals surface area contributed by atoms with E-state index in [0.29, 0.717) is 18.7 Å². The maximum atomic E-state index is 12.5. The van der Waals surface area contributed by atoms with E-state index in [1.54, 1.807) is 11.1 Å². The van der Waals surface area contributed by atoms with E-state index in [4.69, 9.17) is 0 Å². The monoisotopic (exact) mass is 332 g/mol. The molecule has 0 atom stereocenters. The van der Waals surface area contributed by atoms with Gasteiger partial charge in [-0.15, -0.1) is 0 Å². The molecular weight excluding hydrogens is 316 g/mol. The first-order valence-corrected chi connectivity index (χ1v) is 7.36. The molecule has 1 heterocycles. The van der Waals surface area contributed by atoms with Gasteiger partial charge in [0.1, 0.15) is 0 Å². The summed E-state index contributed by atoms with van der Waals surface area (Å²) in [5, 5.41) is 0. The van der Waals surface area contributed by atoms with Crippen LogP contribution in [0, 0.1) is 6.92 Å². The van der Waals surface area contributed by atoms with E-state index in [1.807, 2.05) is 50.2 Å². The zero-order valence-corrected chi connectivity index (χ0v) is 13.2. The summed E-state index contributed by atoms with van der Waals surface area (Å²) in [4.78, 5) is 18.6. The minimum atomic E-state index is 0.0359. The molecule has 0 N–H and O–H groups in total. The van der Waals surface area contributed by atoms with Crippen LogP contribution in [0.4, 0.5) is 0 Å². The highest BCUT2D eigenvalue weighted by atomic mass is 79.9. The zero-order valence-electron chi connectivity index (χ0n) is 11.6. The Bertz CT molecular complexity index is 599. The van der Waals surface area contributed by atoms with Gasteiger partial charge in [-0.3, -0.25) is 9.78 Å². The first-order valence-electron chi connectivity index (χ1n) is 6.57. The molecule has 0 aliphatic carbocycles. The molecule has 0 saturated heterocycles. The van der Waals surface area contributed by atoms with Crippen LogP contribution in [-0.4, -0.2) is 22.3 Å². The van der Waals surface area contributed by atoms with Crippen LogP contribution >= 0.6 is 15.9 Å². The average molecular weight is 333 g/mol. The minimum Gasteiger partial charge on any atom is -0.333 e. The number of hydrogen-bond donors (Lipinski definition) is 0. The number of aromatic nitrogens is 1. The molecule has 0 unspecified atom stereocenters. The molecular formula is C16H17BrN2O. The molecule has 0 saturated carbocycles. The molecule has 0 fully saturated rings. The van der Waals surface area contributed by atoms with E-state index in [2.05, 4.69) is 20.9 Å². The van der Waals surface area contributed by atoms with E-state index in [1.165, 1.54) is 0 Å². The first kappa shape index (κ1) is 14.7. The Morgan fingerprint density at radius 3 is 2.70 bits per heavy atom.